The van der Waals surface area contributed by atoms with E-state index < -0.39 is 68.6 Å². The number of anilines is 2. The number of rotatable bonds is 8. The van der Waals surface area contributed by atoms with Gasteiger partial charge in [-0.15, -0.1) is 0 Å². The third kappa shape index (κ3) is 5.06. The van der Waals surface area contributed by atoms with Crippen LogP contribution in [0.15, 0.2) is 23.8 Å². The van der Waals surface area contributed by atoms with Crippen LogP contribution in [0.5, 0.6) is 0 Å². The number of nitrogens with two attached hydrogens (primary N) is 2. The van der Waals surface area contributed by atoms with Gasteiger partial charge in [0.15, 0.2) is 41.3 Å². The van der Waals surface area contributed by atoms with Crippen molar-refractivity contribution in [3.05, 3.63) is 29.3 Å². The summed E-state index contributed by atoms with van der Waals surface area (Å²) in [5, 5.41) is 20.2. The van der Waals surface area contributed by atoms with Crippen LogP contribution in [0.2, 0.25) is 0 Å². The van der Waals surface area contributed by atoms with E-state index in [4.69, 9.17) is 30.0 Å². The Bertz CT molecular complexity index is 1700. The van der Waals surface area contributed by atoms with Crippen LogP contribution in [0, 0.1) is 0 Å². The molecule has 2 fully saturated rings. The quantitative estimate of drug-likeness (QED) is 0.107. The predicted molar refractivity (Wildman–Crippen MR) is 140 cm³/mol. The zero-order valence-corrected chi connectivity index (χ0v) is 22.6. The number of nitrogen functional groups attached to an aromatic ring is 2. The van der Waals surface area contributed by atoms with Crippen molar-refractivity contribution in [1.29, 1.82) is 0 Å². The fourth-order valence-electron chi connectivity index (χ4n) is 4.79. The highest BCUT2D eigenvalue weighted by molar-refractivity contribution is 8.44. The van der Waals surface area contributed by atoms with E-state index in [1.54, 1.807) is 0 Å². The third-order valence-corrected chi connectivity index (χ3v) is 8.34. The molecule has 2 aliphatic rings. The summed E-state index contributed by atoms with van der Waals surface area (Å²) in [7, 11) is 0. The van der Waals surface area contributed by atoms with E-state index in [9.17, 15) is 19.6 Å². The third-order valence-electron chi connectivity index (χ3n) is 6.70. The topological polar surface area (TPSA) is 254 Å². The normalized spacial score (nSPS) is 29.9. The smallest absolute Gasteiger partial charge is 0.386 e. The number of nitrogens with zero attached hydrogens (tertiary/aromatic N) is 7. The molecule has 6 rings (SSSR count). The number of nitrogens with one attached hydrogen (secondary N) is 1. The first-order valence-electron chi connectivity index (χ1n) is 12.1. The molecule has 0 aliphatic carbocycles. The molecule has 7 N–H and O–H groups in total. The molecule has 0 radical (unpaired) electrons. The number of hydrogen-bond acceptors (Lipinski definition) is 15. The fourth-order valence-corrected chi connectivity index (χ4v) is 6.29. The van der Waals surface area contributed by atoms with Crippen LogP contribution in [0.4, 0.5) is 16.2 Å². The number of fused-ring (bicyclic) bond motifs is 2. The molecule has 21 heteroatoms. The Balaban J connectivity index is 1.16. The largest absolute Gasteiger partial charge is 0.394 e. The van der Waals surface area contributed by atoms with Crippen LogP contribution in [0.3, 0.4) is 0 Å². The molecule has 41 heavy (non-hydrogen) atoms. The summed E-state index contributed by atoms with van der Waals surface area (Å²) < 4.78 is 53.4. The zero-order chi connectivity index (χ0) is 29.1. The fraction of sp³-hybridized carbons (Fsp3) is 0.500. The SMILES string of the molecule is Nc1nc2c(ncn2[C@@H]2O[C@H](CO)CC2OP(=O)(S)OC[C@H]2O[C@@H](n3cnc4c(N)ncnc43)C(F)[C@@H]2O)c(=O)[nH]1. The van der Waals surface area contributed by atoms with E-state index in [1.807, 2.05) is 0 Å². The van der Waals surface area contributed by atoms with E-state index in [-0.39, 0.29) is 40.5 Å². The molecule has 0 saturated carbocycles. The number of aromatic amines is 1. The van der Waals surface area contributed by atoms with Gasteiger partial charge in [-0.1, -0.05) is 12.2 Å². The van der Waals surface area contributed by atoms with Crippen LogP contribution < -0.4 is 17.0 Å². The Labute approximate surface area is 233 Å². The maximum atomic E-state index is 15.1. The Morgan fingerprint density at radius 1 is 1.15 bits per heavy atom. The van der Waals surface area contributed by atoms with Crippen LogP contribution in [-0.4, -0.2) is 93.1 Å². The first kappa shape index (κ1) is 27.9. The first-order chi connectivity index (χ1) is 19.6. The monoisotopic (exact) mass is 614 g/mol. The van der Waals surface area contributed by atoms with Crippen molar-refractivity contribution in [3.8, 4) is 0 Å². The highest BCUT2D eigenvalue weighted by Crippen LogP contribution is 2.57. The predicted octanol–water partition coefficient (Wildman–Crippen LogP) is -0.560. The van der Waals surface area contributed by atoms with Crippen molar-refractivity contribution in [1.82, 2.24) is 39.0 Å². The number of alkyl halides is 1. The summed E-state index contributed by atoms with van der Waals surface area (Å²) in [4.78, 5) is 34.6. The van der Waals surface area contributed by atoms with Crippen LogP contribution in [-0.2, 0) is 23.1 Å². The number of halogens is 1. The minimum absolute atomic E-state index is 0.0261. The van der Waals surface area contributed by atoms with Crippen molar-refractivity contribution in [2.75, 3.05) is 24.7 Å². The number of aromatic nitrogens is 8. The summed E-state index contributed by atoms with van der Waals surface area (Å²) >= 11 is 4.03. The minimum atomic E-state index is -4.21. The van der Waals surface area contributed by atoms with Gasteiger partial charge in [0.25, 0.3) is 5.56 Å². The van der Waals surface area contributed by atoms with Gasteiger partial charge in [-0.2, -0.15) is 4.98 Å². The van der Waals surface area contributed by atoms with Gasteiger partial charge >= 0.3 is 6.80 Å². The summed E-state index contributed by atoms with van der Waals surface area (Å²) in [6, 6.07) is 0. The average Bonchev–Trinajstić information content (AvgIpc) is 3.69. The van der Waals surface area contributed by atoms with Crippen molar-refractivity contribution in [2.45, 2.75) is 49.5 Å². The number of aliphatic hydroxyl groups excluding tert-OH is 2. The molecule has 0 spiro atoms. The van der Waals surface area contributed by atoms with Gasteiger partial charge in [-0.25, -0.2) is 28.9 Å². The van der Waals surface area contributed by atoms with Gasteiger partial charge < -0.3 is 31.2 Å². The van der Waals surface area contributed by atoms with Gasteiger partial charge in [0, 0.05) is 6.42 Å². The Morgan fingerprint density at radius 2 is 1.88 bits per heavy atom. The van der Waals surface area contributed by atoms with Crippen molar-refractivity contribution in [2.24, 2.45) is 0 Å². The zero-order valence-electron chi connectivity index (χ0n) is 20.8. The standard InChI is InChI=1S/C20H24FN10O8PS/c21-10-13(33)9(38-19(10)30-5-26-11-14(22)24-4-25-15(11)30)3-36-40(35,41)39-8-1-7(2-32)37-18(8)31-6-27-12-16(31)28-20(23)29-17(12)34/h4-10,13,18-19,32-33H,1-3H2,(H,35,41)(H2,22,24,25)(H3,23,28,29,34)/t7-,8?,9+,10?,13+,18+,19+,40?/m0/s1. The van der Waals surface area contributed by atoms with Gasteiger partial charge in [0.05, 0.1) is 32.0 Å². The molecule has 220 valence electrons. The molecule has 18 nitrogen and oxygen atoms in total. The van der Waals surface area contributed by atoms with Gasteiger partial charge in [0.2, 0.25) is 5.95 Å². The molecule has 0 bridgehead atoms. The second-order valence-corrected chi connectivity index (χ2v) is 12.2. The minimum Gasteiger partial charge on any atom is -0.394 e. The summed E-state index contributed by atoms with van der Waals surface area (Å²) in [6.07, 6.45) is -5.24. The number of imidazole rings is 2. The average molecular weight is 615 g/mol. The summed E-state index contributed by atoms with van der Waals surface area (Å²) in [5.41, 5.74) is 11.3. The van der Waals surface area contributed by atoms with E-state index >= 15 is 4.39 Å². The van der Waals surface area contributed by atoms with Crippen LogP contribution >= 0.6 is 19.0 Å². The second kappa shape index (κ2) is 10.6. The molecular weight excluding hydrogens is 590 g/mol. The molecule has 2 aliphatic heterocycles. The Kier molecular flexibility index (Phi) is 7.19. The Morgan fingerprint density at radius 3 is 2.63 bits per heavy atom. The van der Waals surface area contributed by atoms with Crippen LogP contribution in [0.1, 0.15) is 18.9 Å². The molecule has 2 saturated heterocycles. The van der Waals surface area contributed by atoms with Crippen LogP contribution in [0.25, 0.3) is 22.3 Å². The van der Waals surface area contributed by atoms with Gasteiger partial charge in [-0.05, 0) is 0 Å². The number of H-pyrrole nitrogens is 1. The molecule has 6 heterocycles. The molecule has 0 amide bonds. The molecule has 4 aromatic heterocycles. The molecule has 3 unspecified atom stereocenters. The van der Waals surface area contributed by atoms with Gasteiger partial charge in [-0.3, -0.25) is 28.0 Å². The highest BCUT2D eigenvalue weighted by atomic mass is 32.7. The van der Waals surface area contributed by atoms with Crippen molar-refractivity contribution in [3.63, 3.8) is 0 Å². The summed E-state index contributed by atoms with van der Waals surface area (Å²) in [5.74, 6) is -0.0797. The lowest BCUT2D eigenvalue weighted by Gasteiger charge is -2.24. The van der Waals surface area contributed by atoms with Crippen molar-refractivity contribution < 1.29 is 37.7 Å². The molecule has 0 aromatic carbocycles. The van der Waals surface area contributed by atoms with E-state index in [2.05, 4.69) is 42.2 Å². The van der Waals surface area contributed by atoms with Gasteiger partial charge in [0.1, 0.15) is 30.2 Å². The molecule has 4 aromatic rings. The Hall–Kier alpha value is -3.23. The molecule has 8 atom stereocenters. The van der Waals surface area contributed by atoms with Crippen molar-refractivity contribution >= 4 is 53.1 Å². The maximum absolute atomic E-state index is 15.1. The number of hydrogen-bond donors (Lipinski definition) is 6. The highest BCUT2D eigenvalue weighted by Gasteiger charge is 2.47. The van der Waals surface area contributed by atoms with E-state index in [0.29, 0.717) is 0 Å². The number of thiol groups is 1. The summed E-state index contributed by atoms with van der Waals surface area (Å²) in [6.45, 7) is -5.16. The molecular formula is C20H24FN10O8PS. The lowest BCUT2D eigenvalue weighted by molar-refractivity contribution is -0.0529. The number of aliphatic hydroxyl groups is 2. The maximum Gasteiger partial charge on any atom is 0.386 e. The van der Waals surface area contributed by atoms with E-state index in [0.717, 1.165) is 0 Å². The van der Waals surface area contributed by atoms with E-state index in [1.165, 1.54) is 28.1 Å². The lowest BCUT2D eigenvalue weighted by atomic mass is 10.1. The number of ether oxygens (including phenoxy) is 2. The second-order valence-electron chi connectivity index (χ2n) is 9.33. The first-order valence-corrected chi connectivity index (χ1v) is 14.8. The lowest BCUT2D eigenvalue weighted by Crippen LogP contribution is -2.31.